The predicted octanol–water partition coefficient (Wildman–Crippen LogP) is 3.27. The summed E-state index contributed by atoms with van der Waals surface area (Å²) in [6.07, 6.45) is 0. The van der Waals surface area contributed by atoms with Crippen LogP contribution in [-0.2, 0) is 6.54 Å². The third-order valence-electron chi connectivity index (χ3n) is 3.79. The lowest BCUT2D eigenvalue weighted by Gasteiger charge is -2.21. The lowest BCUT2D eigenvalue weighted by molar-refractivity contribution is -0.384. The molecule has 0 unspecified atom stereocenters. The Morgan fingerprint density at radius 3 is 2.44 bits per heavy atom. The molecule has 2 aromatic carbocycles. The van der Waals surface area contributed by atoms with Crippen LogP contribution < -0.4 is 9.47 Å². The molecule has 0 aliphatic carbocycles. The van der Waals surface area contributed by atoms with E-state index < -0.39 is 4.92 Å². The van der Waals surface area contributed by atoms with E-state index in [9.17, 15) is 14.9 Å². The fraction of sp³-hybridized carbons (Fsp3) is 0.278. The highest BCUT2D eigenvalue weighted by atomic mass is 16.6. The zero-order valence-electron chi connectivity index (χ0n) is 14.4. The van der Waals surface area contributed by atoms with Gasteiger partial charge in [0.1, 0.15) is 0 Å². The maximum atomic E-state index is 12.7. The Bertz CT molecular complexity index is 776. The molecular formula is C18H20N2O5. The normalized spacial score (nSPS) is 10.2. The highest BCUT2D eigenvalue weighted by molar-refractivity contribution is 5.94. The number of non-ortho nitro benzene ring substituents is 1. The number of nitro groups is 1. The van der Waals surface area contributed by atoms with E-state index in [0.29, 0.717) is 24.6 Å². The van der Waals surface area contributed by atoms with Crippen LogP contribution in [0.4, 0.5) is 5.69 Å². The molecule has 0 radical (unpaired) electrons. The van der Waals surface area contributed by atoms with Crippen LogP contribution >= 0.6 is 0 Å². The monoisotopic (exact) mass is 344 g/mol. The average molecular weight is 344 g/mol. The van der Waals surface area contributed by atoms with Gasteiger partial charge in [-0.05, 0) is 30.7 Å². The Kier molecular flexibility index (Phi) is 5.94. The first-order chi connectivity index (χ1) is 12.0. The number of ether oxygens (including phenoxy) is 2. The summed E-state index contributed by atoms with van der Waals surface area (Å²) >= 11 is 0. The van der Waals surface area contributed by atoms with Gasteiger partial charge in [-0.3, -0.25) is 14.9 Å². The van der Waals surface area contributed by atoms with Crippen LogP contribution in [0.15, 0.2) is 42.5 Å². The van der Waals surface area contributed by atoms with Crippen LogP contribution in [-0.4, -0.2) is 36.5 Å². The maximum absolute atomic E-state index is 12.7. The third kappa shape index (κ3) is 4.26. The summed E-state index contributed by atoms with van der Waals surface area (Å²) in [5.74, 6) is 0.930. The number of amides is 1. The van der Waals surface area contributed by atoms with Gasteiger partial charge in [-0.25, -0.2) is 0 Å². The van der Waals surface area contributed by atoms with Gasteiger partial charge in [0, 0.05) is 30.8 Å². The average Bonchev–Trinajstić information content (AvgIpc) is 2.65. The van der Waals surface area contributed by atoms with Crippen molar-refractivity contribution < 1.29 is 19.2 Å². The first kappa shape index (κ1) is 18.3. The first-order valence-corrected chi connectivity index (χ1v) is 7.74. The van der Waals surface area contributed by atoms with Gasteiger partial charge in [-0.15, -0.1) is 0 Å². The van der Waals surface area contributed by atoms with E-state index in [1.807, 2.05) is 19.1 Å². The molecule has 0 heterocycles. The van der Waals surface area contributed by atoms with Crippen molar-refractivity contribution in [3.05, 3.63) is 63.7 Å². The molecule has 2 rings (SSSR count). The van der Waals surface area contributed by atoms with Gasteiger partial charge in [0.2, 0.25) is 0 Å². The van der Waals surface area contributed by atoms with Crippen molar-refractivity contribution in [3.8, 4) is 11.5 Å². The molecule has 0 aliphatic rings. The fourth-order valence-corrected chi connectivity index (χ4v) is 2.46. The van der Waals surface area contributed by atoms with Crippen LogP contribution in [0, 0.1) is 10.1 Å². The smallest absolute Gasteiger partial charge is 0.270 e. The molecule has 0 bridgehead atoms. The molecule has 0 fully saturated rings. The molecule has 0 saturated heterocycles. The summed E-state index contributed by atoms with van der Waals surface area (Å²) in [5, 5.41) is 10.9. The largest absolute Gasteiger partial charge is 0.493 e. The quantitative estimate of drug-likeness (QED) is 0.569. The molecule has 0 saturated carbocycles. The SMILES string of the molecule is CCN(Cc1ccc(OC)c(OC)c1)C(=O)c1cccc([N+](=O)[O-])c1. The van der Waals surface area contributed by atoms with Crippen LogP contribution in [0.25, 0.3) is 0 Å². The minimum Gasteiger partial charge on any atom is -0.493 e. The molecule has 7 nitrogen and oxygen atoms in total. The highest BCUT2D eigenvalue weighted by Gasteiger charge is 2.18. The molecule has 132 valence electrons. The van der Waals surface area contributed by atoms with Gasteiger partial charge >= 0.3 is 0 Å². The topological polar surface area (TPSA) is 81.9 Å². The van der Waals surface area contributed by atoms with Crippen molar-refractivity contribution in [1.82, 2.24) is 4.90 Å². The number of carbonyl (C=O) groups is 1. The second-order valence-corrected chi connectivity index (χ2v) is 5.32. The molecule has 7 heteroatoms. The van der Waals surface area contributed by atoms with Crippen LogP contribution in [0.3, 0.4) is 0 Å². The van der Waals surface area contributed by atoms with Gasteiger partial charge in [-0.1, -0.05) is 12.1 Å². The Balaban J connectivity index is 2.23. The molecule has 25 heavy (non-hydrogen) atoms. The Hall–Kier alpha value is -3.09. The highest BCUT2D eigenvalue weighted by Crippen LogP contribution is 2.28. The lowest BCUT2D eigenvalue weighted by Crippen LogP contribution is -2.30. The lowest BCUT2D eigenvalue weighted by atomic mass is 10.1. The summed E-state index contributed by atoms with van der Waals surface area (Å²) in [4.78, 5) is 24.7. The second kappa shape index (κ2) is 8.14. The van der Waals surface area contributed by atoms with E-state index >= 15 is 0 Å². The first-order valence-electron chi connectivity index (χ1n) is 7.74. The number of nitro benzene ring substituents is 1. The molecule has 0 N–H and O–H groups in total. The van der Waals surface area contributed by atoms with Crippen LogP contribution in [0.5, 0.6) is 11.5 Å². The van der Waals surface area contributed by atoms with E-state index in [1.165, 1.54) is 18.2 Å². The van der Waals surface area contributed by atoms with E-state index in [0.717, 1.165) is 5.56 Å². The van der Waals surface area contributed by atoms with Crippen molar-refractivity contribution in [3.63, 3.8) is 0 Å². The molecule has 0 aliphatic heterocycles. The molecule has 0 spiro atoms. The van der Waals surface area contributed by atoms with E-state index in [2.05, 4.69) is 0 Å². The standard InChI is InChI=1S/C18H20N2O5/c1-4-19(12-13-8-9-16(24-2)17(10-13)25-3)18(21)14-6-5-7-15(11-14)20(22)23/h5-11H,4,12H2,1-3H3. The Morgan fingerprint density at radius 1 is 1.12 bits per heavy atom. The van der Waals surface area contributed by atoms with Gasteiger partial charge in [0.25, 0.3) is 11.6 Å². The third-order valence-corrected chi connectivity index (χ3v) is 3.79. The fourth-order valence-electron chi connectivity index (χ4n) is 2.46. The summed E-state index contributed by atoms with van der Waals surface area (Å²) in [6.45, 7) is 2.68. The number of benzene rings is 2. The molecule has 0 atom stereocenters. The summed E-state index contributed by atoms with van der Waals surface area (Å²) in [5.41, 5.74) is 1.06. The summed E-state index contributed by atoms with van der Waals surface area (Å²) in [6, 6.07) is 11.2. The van der Waals surface area contributed by atoms with Gasteiger partial charge in [0.15, 0.2) is 11.5 Å². The number of hydrogen-bond acceptors (Lipinski definition) is 5. The number of hydrogen-bond donors (Lipinski definition) is 0. The summed E-state index contributed by atoms with van der Waals surface area (Å²) in [7, 11) is 3.11. The number of nitrogens with zero attached hydrogens (tertiary/aromatic N) is 2. The molecule has 2 aromatic rings. The summed E-state index contributed by atoms with van der Waals surface area (Å²) < 4.78 is 10.5. The van der Waals surface area contributed by atoms with Crippen molar-refractivity contribution in [1.29, 1.82) is 0 Å². The van der Waals surface area contributed by atoms with Gasteiger partial charge in [0.05, 0.1) is 19.1 Å². The Labute approximate surface area is 145 Å². The molecule has 0 aromatic heterocycles. The van der Waals surface area contributed by atoms with Crippen LogP contribution in [0.2, 0.25) is 0 Å². The van der Waals surface area contributed by atoms with Crippen molar-refractivity contribution >= 4 is 11.6 Å². The van der Waals surface area contributed by atoms with E-state index in [1.54, 1.807) is 31.3 Å². The number of carbonyl (C=O) groups excluding carboxylic acids is 1. The number of methoxy groups -OCH3 is 2. The van der Waals surface area contributed by atoms with Gasteiger partial charge < -0.3 is 14.4 Å². The predicted molar refractivity (Wildman–Crippen MR) is 93.1 cm³/mol. The van der Waals surface area contributed by atoms with Gasteiger partial charge in [-0.2, -0.15) is 0 Å². The van der Waals surface area contributed by atoms with Crippen LogP contribution in [0.1, 0.15) is 22.8 Å². The molecular weight excluding hydrogens is 324 g/mol. The number of rotatable bonds is 7. The minimum absolute atomic E-state index is 0.104. The zero-order valence-corrected chi connectivity index (χ0v) is 14.4. The minimum atomic E-state index is -0.512. The Morgan fingerprint density at radius 2 is 1.84 bits per heavy atom. The molecule has 1 amide bonds. The van der Waals surface area contributed by atoms with Crippen molar-refractivity contribution in [2.24, 2.45) is 0 Å². The maximum Gasteiger partial charge on any atom is 0.270 e. The van der Waals surface area contributed by atoms with Crippen molar-refractivity contribution in [2.75, 3.05) is 20.8 Å². The van der Waals surface area contributed by atoms with E-state index in [4.69, 9.17) is 9.47 Å². The van der Waals surface area contributed by atoms with Crippen molar-refractivity contribution in [2.45, 2.75) is 13.5 Å². The zero-order chi connectivity index (χ0) is 18.4. The van der Waals surface area contributed by atoms with E-state index in [-0.39, 0.29) is 17.2 Å². The second-order valence-electron chi connectivity index (χ2n) is 5.32.